The molecule has 3 heterocycles. The highest BCUT2D eigenvalue weighted by Gasteiger charge is 2.33. The molecule has 0 spiro atoms. The fraction of sp³-hybridized carbons (Fsp3) is 0.316. The molecule has 1 amide bonds. The zero-order valence-corrected chi connectivity index (χ0v) is 16.6. The van der Waals surface area contributed by atoms with Gasteiger partial charge in [0.25, 0.3) is 0 Å². The van der Waals surface area contributed by atoms with E-state index in [0.717, 1.165) is 30.5 Å². The molecule has 1 fully saturated rings. The Hall–Kier alpha value is -2.31. The molecule has 1 aliphatic rings. The van der Waals surface area contributed by atoms with E-state index in [0.29, 0.717) is 21.4 Å². The van der Waals surface area contributed by atoms with E-state index in [4.69, 9.17) is 28.2 Å². The summed E-state index contributed by atoms with van der Waals surface area (Å²) < 4.78 is 1.91. The summed E-state index contributed by atoms with van der Waals surface area (Å²) in [7, 11) is 3.56. The summed E-state index contributed by atoms with van der Waals surface area (Å²) in [5.74, 6) is 0.795. The van der Waals surface area contributed by atoms with Crippen molar-refractivity contribution in [2.45, 2.75) is 18.9 Å². The van der Waals surface area contributed by atoms with Gasteiger partial charge in [0.15, 0.2) is 0 Å². The fourth-order valence-electron chi connectivity index (χ4n) is 3.56. The van der Waals surface area contributed by atoms with Gasteiger partial charge in [0.1, 0.15) is 11.9 Å². The van der Waals surface area contributed by atoms with Gasteiger partial charge < -0.3 is 14.4 Å². The van der Waals surface area contributed by atoms with Crippen molar-refractivity contribution in [2.75, 3.05) is 25.5 Å². The maximum atomic E-state index is 12.6. The van der Waals surface area contributed by atoms with E-state index in [-0.39, 0.29) is 11.9 Å². The number of amides is 1. The first-order chi connectivity index (χ1) is 13.0. The Bertz CT molecular complexity index is 1000. The summed E-state index contributed by atoms with van der Waals surface area (Å²) in [6.45, 7) is 0.768. The van der Waals surface area contributed by atoms with Gasteiger partial charge in [-0.2, -0.15) is 0 Å². The highest BCUT2D eigenvalue weighted by Crippen LogP contribution is 2.36. The van der Waals surface area contributed by atoms with E-state index in [9.17, 15) is 4.79 Å². The molecule has 1 saturated heterocycles. The highest BCUT2D eigenvalue weighted by molar-refractivity contribution is 6.45. The number of halogens is 2. The number of carbonyl (C=O) groups excluding carboxylic acids is 1. The number of fused-ring (bicyclic) bond motifs is 1. The van der Waals surface area contributed by atoms with Gasteiger partial charge in [0, 0.05) is 44.5 Å². The molecule has 0 aliphatic carbocycles. The average Bonchev–Trinajstić information content (AvgIpc) is 3.35. The van der Waals surface area contributed by atoms with E-state index in [2.05, 4.69) is 9.88 Å². The summed E-state index contributed by atoms with van der Waals surface area (Å²) in [5.41, 5.74) is 1.52. The summed E-state index contributed by atoms with van der Waals surface area (Å²) >= 11 is 12.7. The Balaban J connectivity index is 1.91. The number of pyridine rings is 1. The lowest BCUT2D eigenvalue weighted by molar-refractivity contribution is -0.129. The second kappa shape index (κ2) is 7.02. The molecule has 0 bridgehead atoms. The second-order valence-electron chi connectivity index (χ2n) is 6.81. The number of hydrogen-bond donors (Lipinski definition) is 0. The molecular formula is C19H19Cl2N5O. The second-order valence-corrected chi connectivity index (χ2v) is 7.60. The molecule has 8 heteroatoms. The fourth-order valence-corrected chi connectivity index (χ4v) is 3.92. The van der Waals surface area contributed by atoms with Crippen molar-refractivity contribution in [3.63, 3.8) is 0 Å². The molecule has 1 aliphatic heterocycles. The maximum Gasteiger partial charge on any atom is 0.244 e. The van der Waals surface area contributed by atoms with Crippen molar-refractivity contribution in [3.8, 4) is 5.69 Å². The van der Waals surface area contributed by atoms with Crippen molar-refractivity contribution >= 4 is 45.8 Å². The van der Waals surface area contributed by atoms with Crippen LogP contribution in [0.5, 0.6) is 0 Å². The van der Waals surface area contributed by atoms with Crippen molar-refractivity contribution in [1.82, 2.24) is 19.4 Å². The van der Waals surface area contributed by atoms with E-state index in [1.165, 1.54) is 0 Å². The molecule has 3 aromatic rings. The normalized spacial score (nSPS) is 16.9. The first kappa shape index (κ1) is 18.1. The van der Waals surface area contributed by atoms with E-state index < -0.39 is 0 Å². The van der Waals surface area contributed by atoms with Crippen LogP contribution in [0.15, 0.2) is 36.9 Å². The zero-order valence-electron chi connectivity index (χ0n) is 15.1. The molecule has 0 saturated carbocycles. The molecule has 2 aromatic heterocycles. The molecule has 0 radical (unpaired) electrons. The van der Waals surface area contributed by atoms with Crippen molar-refractivity contribution < 1.29 is 4.79 Å². The number of nitrogens with zero attached hydrogens (tertiary/aromatic N) is 5. The van der Waals surface area contributed by atoms with Gasteiger partial charge in [0.05, 0.1) is 27.6 Å². The van der Waals surface area contributed by atoms with E-state index >= 15 is 0 Å². The third-order valence-electron chi connectivity index (χ3n) is 4.89. The number of benzene rings is 1. The maximum absolute atomic E-state index is 12.6. The third-order valence-corrected chi connectivity index (χ3v) is 5.69. The van der Waals surface area contributed by atoms with Crippen LogP contribution < -0.4 is 4.90 Å². The van der Waals surface area contributed by atoms with E-state index in [1.807, 2.05) is 22.9 Å². The molecule has 6 nitrogen and oxygen atoms in total. The molecule has 140 valence electrons. The van der Waals surface area contributed by atoms with Crippen LogP contribution in [-0.2, 0) is 4.79 Å². The van der Waals surface area contributed by atoms with Crippen molar-refractivity contribution in [3.05, 3.63) is 47.0 Å². The first-order valence-electron chi connectivity index (χ1n) is 8.72. The number of carbonyl (C=O) groups is 1. The summed E-state index contributed by atoms with van der Waals surface area (Å²) in [6.07, 6.45) is 7.06. The average molecular weight is 404 g/mol. The molecule has 0 unspecified atom stereocenters. The van der Waals surface area contributed by atoms with Gasteiger partial charge in [-0.15, -0.1) is 0 Å². The number of likely N-dealkylation sites (N-methyl/N-ethyl adjacent to an activating group) is 1. The van der Waals surface area contributed by atoms with Crippen LogP contribution >= 0.6 is 23.2 Å². The number of imidazole rings is 1. The van der Waals surface area contributed by atoms with Crippen LogP contribution in [-0.4, -0.2) is 52.0 Å². The quantitative estimate of drug-likeness (QED) is 0.667. The Morgan fingerprint density at radius 1 is 1.30 bits per heavy atom. The SMILES string of the molecule is CN(C)C(=O)[C@@H]1CCCN1c1cc(-n2ccnc2)c2ccc(Cl)c(Cl)c2n1. The predicted octanol–water partition coefficient (Wildman–Crippen LogP) is 3.78. The van der Waals surface area contributed by atoms with Gasteiger partial charge in [-0.25, -0.2) is 9.97 Å². The standard InChI is InChI=1S/C19H19Cl2N5O/c1-24(2)19(27)14-4-3-8-26(14)16-10-15(25-9-7-22-11-25)12-5-6-13(20)17(21)18(12)23-16/h5-7,9-11,14H,3-4,8H2,1-2H3/t14-/m0/s1. The van der Waals surface area contributed by atoms with Crippen LogP contribution in [0.25, 0.3) is 16.6 Å². The Morgan fingerprint density at radius 3 is 2.81 bits per heavy atom. The minimum Gasteiger partial charge on any atom is -0.347 e. The van der Waals surface area contributed by atoms with Crippen LogP contribution in [0.2, 0.25) is 10.0 Å². The van der Waals surface area contributed by atoms with Gasteiger partial charge in [-0.05, 0) is 25.0 Å². The lowest BCUT2D eigenvalue weighted by atomic mass is 10.1. The zero-order chi connectivity index (χ0) is 19.1. The number of aromatic nitrogens is 3. The third kappa shape index (κ3) is 3.13. The van der Waals surface area contributed by atoms with Crippen molar-refractivity contribution in [2.24, 2.45) is 0 Å². The largest absolute Gasteiger partial charge is 0.347 e. The van der Waals surface area contributed by atoms with Gasteiger partial charge in [0.2, 0.25) is 5.91 Å². The molecule has 1 aromatic carbocycles. The van der Waals surface area contributed by atoms with E-state index in [1.54, 1.807) is 37.6 Å². The van der Waals surface area contributed by atoms with Crippen LogP contribution in [0.1, 0.15) is 12.8 Å². The number of hydrogen-bond acceptors (Lipinski definition) is 4. The molecule has 1 atom stereocenters. The Labute approximate surface area is 167 Å². The van der Waals surface area contributed by atoms with Crippen LogP contribution in [0, 0.1) is 0 Å². The summed E-state index contributed by atoms with van der Waals surface area (Å²) in [5, 5.41) is 1.74. The Kier molecular flexibility index (Phi) is 4.70. The van der Waals surface area contributed by atoms with Crippen molar-refractivity contribution in [1.29, 1.82) is 0 Å². The topological polar surface area (TPSA) is 54.3 Å². The lowest BCUT2D eigenvalue weighted by Crippen LogP contribution is -2.43. The Morgan fingerprint density at radius 2 is 2.11 bits per heavy atom. The molecule has 0 N–H and O–H groups in total. The van der Waals surface area contributed by atoms with Gasteiger partial charge in [-0.1, -0.05) is 23.2 Å². The smallest absolute Gasteiger partial charge is 0.244 e. The molecule has 27 heavy (non-hydrogen) atoms. The molecular weight excluding hydrogens is 385 g/mol. The van der Waals surface area contributed by atoms with Crippen LogP contribution in [0.3, 0.4) is 0 Å². The first-order valence-corrected chi connectivity index (χ1v) is 9.48. The van der Waals surface area contributed by atoms with Crippen LogP contribution in [0.4, 0.5) is 5.82 Å². The molecule has 4 rings (SSSR count). The number of rotatable bonds is 3. The highest BCUT2D eigenvalue weighted by atomic mass is 35.5. The monoisotopic (exact) mass is 403 g/mol. The number of anilines is 1. The minimum atomic E-state index is -0.224. The lowest BCUT2D eigenvalue weighted by Gasteiger charge is -2.28. The minimum absolute atomic E-state index is 0.0794. The predicted molar refractivity (Wildman–Crippen MR) is 108 cm³/mol. The summed E-state index contributed by atoms with van der Waals surface area (Å²) in [6, 6.07) is 5.43. The van der Waals surface area contributed by atoms with Gasteiger partial charge >= 0.3 is 0 Å². The van der Waals surface area contributed by atoms with Gasteiger partial charge in [-0.3, -0.25) is 4.79 Å². The summed E-state index contributed by atoms with van der Waals surface area (Å²) in [4.78, 5) is 25.2.